The highest BCUT2D eigenvalue weighted by atomic mass is 15.2. The molecule has 0 spiro atoms. The fraction of sp³-hybridized carbons (Fsp3) is 0.647. The third-order valence-electron chi connectivity index (χ3n) is 4.69. The summed E-state index contributed by atoms with van der Waals surface area (Å²) in [5.74, 6) is 1.79. The van der Waals surface area contributed by atoms with Crippen molar-refractivity contribution in [1.29, 1.82) is 0 Å². The Morgan fingerprint density at radius 3 is 2.16 bits per heavy atom. The third kappa shape index (κ3) is 2.85. The molecule has 1 aromatic rings. The topological polar surface area (TPSA) is 15.3 Å². The van der Waals surface area contributed by atoms with Crippen molar-refractivity contribution in [3.8, 4) is 0 Å². The van der Waals surface area contributed by atoms with Gasteiger partial charge in [-0.3, -0.25) is 4.90 Å². The Bertz CT molecular complexity index is 418. The quantitative estimate of drug-likeness (QED) is 0.877. The van der Waals surface area contributed by atoms with Crippen molar-refractivity contribution in [3.05, 3.63) is 35.4 Å². The van der Waals surface area contributed by atoms with Crippen molar-refractivity contribution < 1.29 is 0 Å². The van der Waals surface area contributed by atoms with Crippen LogP contribution in [0.25, 0.3) is 0 Å². The maximum absolute atomic E-state index is 3.51. The molecule has 19 heavy (non-hydrogen) atoms. The SMILES string of the molecule is CC(C)(C)c1ccc(CN2C[C@H]3CNC[C@H]3C2)cc1. The lowest BCUT2D eigenvalue weighted by molar-refractivity contribution is 0.305. The van der Waals surface area contributed by atoms with E-state index in [1.165, 1.54) is 37.3 Å². The van der Waals surface area contributed by atoms with E-state index in [1.54, 1.807) is 0 Å². The minimum atomic E-state index is 0.259. The first-order valence-electron chi connectivity index (χ1n) is 7.55. The van der Waals surface area contributed by atoms with Crippen molar-refractivity contribution in [2.45, 2.75) is 32.7 Å². The molecule has 2 heterocycles. The Labute approximate surface area is 117 Å². The molecule has 0 aromatic heterocycles. The summed E-state index contributed by atoms with van der Waals surface area (Å²) in [5, 5.41) is 3.51. The van der Waals surface area contributed by atoms with E-state index in [1.807, 2.05) is 0 Å². The van der Waals surface area contributed by atoms with Gasteiger partial charge in [0, 0.05) is 19.6 Å². The molecule has 0 radical (unpaired) electrons. The van der Waals surface area contributed by atoms with Gasteiger partial charge in [0.2, 0.25) is 0 Å². The smallest absolute Gasteiger partial charge is 0.0233 e. The van der Waals surface area contributed by atoms with Crippen LogP contribution in [0.15, 0.2) is 24.3 Å². The Hall–Kier alpha value is -0.860. The number of benzene rings is 1. The summed E-state index contributed by atoms with van der Waals surface area (Å²) in [6.45, 7) is 13.0. The average Bonchev–Trinajstić information content (AvgIpc) is 2.89. The normalized spacial score (nSPS) is 27.7. The van der Waals surface area contributed by atoms with E-state index in [4.69, 9.17) is 0 Å². The molecule has 2 atom stereocenters. The fourth-order valence-electron chi connectivity index (χ4n) is 3.45. The zero-order valence-corrected chi connectivity index (χ0v) is 12.4. The van der Waals surface area contributed by atoms with Crippen LogP contribution < -0.4 is 5.32 Å². The van der Waals surface area contributed by atoms with Crippen LogP contribution >= 0.6 is 0 Å². The number of fused-ring (bicyclic) bond motifs is 1. The molecule has 2 nitrogen and oxygen atoms in total. The molecule has 1 aromatic carbocycles. The molecule has 2 fully saturated rings. The monoisotopic (exact) mass is 258 g/mol. The molecule has 2 aliphatic heterocycles. The van der Waals surface area contributed by atoms with Gasteiger partial charge < -0.3 is 5.32 Å². The lowest BCUT2D eigenvalue weighted by Crippen LogP contribution is -2.25. The number of hydrogen-bond donors (Lipinski definition) is 1. The zero-order valence-electron chi connectivity index (χ0n) is 12.4. The van der Waals surface area contributed by atoms with Crippen LogP contribution in [0.2, 0.25) is 0 Å². The largest absolute Gasteiger partial charge is 0.316 e. The van der Waals surface area contributed by atoms with E-state index in [9.17, 15) is 0 Å². The molecule has 0 bridgehead atoms. The van der Waals surface area contributed by atoms with Crippen molar-refractivity contribution in [2.24, 2.45) is 11.8 Å². The van der Waals surface area contributed by atoms with Gasteiger partial charge in [0.1, 0.15) is 0 Å². The number of nitrogens with zero attached hydrogens (tertiary/aromatic N) is 1. The molecule has 3 rings (SSSR count). The second-order valence-corrected chi connectivity index (χ2v) is 7.32. The van der Waals surface area contributed by atoms with Gasteiger partial charge in [0.05, 0.1) is 0 Å². The minimum absolute atomic E-state index is 0.259. The van der Waals surface area contributed by atoms with Crippen LogP contribution in [0, 0.1) is 11.8 Å². The summed E-state index contributed by atoms with van der Waals surface area (Å²) in [6.07, 6.45) is 0. The molecular weight excluding hydrogens is 232 g/mol. The van der Waals surface area contributed by atoms with Crippen molar-refractivity contribution in [1.82, 2.24) is 10.2 Å². The van der Waals surface area contributed by atoms with Crippen LogP contribution in [0.4, 0.5) is 0 Å². The second kappa shape index (κ2) is 4.92. The lowest BCUT2D eigenvalue weighted by Gasteiger charge is -2.21. The molecule has 2 aliphatic rings. The number of hydrogen-bond acceptors (Lipinski definition) is 2. The van der Waals surface area contributed by atoms with Crippen molar-refractivity contribution >= 4 is 0 Å². The highest BCUT2D eigenvalue weighted by molar-refractivity contribution is 5.27. The van der Waals surface area contributed by atoms with Crippen LogP contribution in [0.1, 0.15) is 31.9 Å². The van der Waals surface area contributed by atoms with E-state index in [0.717, 1.165) is 18.4 Å². The predicted octanol–water partition coefficient (Wildman–Crippen LogP) is 2.64. The number of likely N-dealkylation sites (tertiary alicyclic amines) is 1. The maximum Gasteiger partial charge on any atom is 0.0233 e. The average molecular weight is 258 g/mol. The van der Waals surface area contributed by atoms with Gasteiger partial charge in [-0.1, -0.05) is 45.0 Å². The molecule has 0 saturated carbocycles. The van der Waals surface area contributed by atoms with Gasteiger partial charge in [-0.15, -0.1) is 0 Å². The van der Waals surface area contributed by atoms with Crippen molar-refractivity contribution in [2.75, 3.05) is 26.2 Å². The van der Waals surface area contributed by atoms with Crippen LogP contribution in [-0.2, 0) is 12.0 Å². The molecule has 0 aliphatic carbocycles. The predicted molar refractivity (Wildman–Crippen MR) is 80.3 cm³/mol. The molecule has 0 amide bonds. The lowest BCUT2D eigenvalue weighted by atomic mass is 9.87. The van der Waals surface area contributed by atoms with Crippen LogP contribution in [-0.4, -0.2) is 31.1 Å². The van der Waals surface area contributed by atoms with Gasteiger partial charge in [-0.25, -0.2) is 0 Å². The Balaban J connectivity index is 1.62. The van der Waals surface area contributed by atoms with Crippen LogP contribution in [0.3, 0.4) is 0 Å². The van der Waals surface area contributed by atoms with Gasteiger partial charge >= 0.3 is 0 Å². The highest BCUT2D eigenvalue weighted by Crippen LogP contribution is 2.28. The number of rotatable bonds is 2. The maximum atomic E-state index is 3.51. The first kappa shape index (κ1) is 13.1. The fourth-order valence-corrected chi connectivity index (χ4v) is 3.45. The van der Waals surface area contributed by atoms with E-state index >= 15 is 0 Å². The van der Waals surface area contributed by atoms with E-state index in [-0.39, 0.29) is 5.41 Å². The van der Waals surface area contributed by atoms with Gasteiger partial charge in [-0.05, 0) is 41.5 Å². The molecular formula is C17H26N2. The summed E-state index contributed by atoms with van der Waals surface area (Å²) >= 11 is 0. The minimum Gasteiger partial charge on any atom is -0.316 e. The summed E-state index contributed by atoms with van der Waals surface area (Å²) in [5.41, 5.74) is 3.15. The summed E-state index contributed by atoms with van der Waals surface area (Å²) in [4.78, 5) is 2.63. The molecule has 2 saturated heterocycles. The second-order valence-electron chi connectivity index (χ2n) is 7.32. The van der Waals surface area contributed by atoms with Gasteiger partial charge in [-0.2, -0.15) is 0 Å². The van der Waals surface area contributed by atoms with E-state index in [0.29, 0.717) is 0 Å². The van der Waals surface area contributed by atoms with Gasteiger partial charge in [0.15, 0.2) is 0 Å². The molecule has 0 unspecified atom stereocenters. The molecule has 1 N–H and O–H groups in total. The van der Waals surface area contributed by atoms with Crippen LogP contribution in [0.5, 0.6) is 0 Å². The van der Waals surface area contributed by atoms with Crippen molar-refractivity contribution in [3.63, 3.8) is 0 Å². The Morgan fingerprint density at radius 1 is 1.05 bits per heavy atom. The van der Waals surface area contributed by atoms with E-state index < -0.39 is 0 Å². The van der Waals surface area contributed by atoms with Gasteiger partial charge in [0.25, 0.3) is 0 Å². The zero-order chi connectivity index (χ0) is 13.5. The summed E-state index contributed by atoms with van der Waals surface area (Å²) < 4.78 is 0. The highest BCUT2D eigenvalue weighted by Gasteiger charge is 2.35. The first-order chi connectivity index (χ1) is 9.02. The first-order valence-corrected chi connectivity index (χ1v) is 7.55. The summed E-state index contributed by atoms with van der Waals surface area (Å²) in [6, 6.07) is 9.22. The number of nitrogens with one attached hydrogen (secondary N) is 1. The Morgan fingerprint density at radius 2 is 1.63 bits per heavy atom. The third-order valence-corrected chi connectivity index (χ3v) is 4.69. The molecule has 104 valence electrons. The Kier molecular flexibility index (Phi) is 3.40. The van der Waals surface area contributed by atoms with E-state index in [2.05, 4.69) is 55.3 Å². The summed E-state index contributed by atoms with van der Waals surface area (Å²) in [7, 11) is 0. The molecule has 2 heteroatoms. The standard InChI is InChI=1S/C17H26N2/c1-17(2,3)16-6-4-13(5-7-16)10-19-11-14-8-18-9-15(14)12-19/h4-7,14-15,18H,8-12H2,1-3H3/t14-,15+.